The first kappa shape index (κ1) is 17.7. The normalized spacial score (nSPS) is 18.1. The van der Waals surface area contributed by atoms with Gasteiger partial charge in [-0.25, -0.2) is 4.98 Å². The molecule has 144 valence electrons. The number of likely N-dealkylation sites (N-methyl/N-ethyl adjacent to an activating group) is 1. The Morgan fingerprint density at radius 3 is 2.93 bits per heavy atom. The highest BCUT2D eigenvalue weighted by Gasteiger charge is 2.30. The lowest BCUT2D eigenvalue weighted by molar-refractivity contribution is 0.0343. The number of carbonyl (C=O) groups is 1. The van der Waals surface area contributed by atoms with Crippen LogP contribution in [0.15, 0.2) is 28.7 Å². The van der Waals surface area contributed by atoms with Crippen molar-refractivity contribution in [1.29, 1.82) is 0 Å². The summed E-state index contributed by atoms with van der Waals surface area (Å²) >= 11 is 3.49. The Balaban J connectivity index is 1.51. The molecule has 2 aromatic heterocycles. The van der Waals surface area contributed by atoms with Gasteiger partial charge in [0.2, 0.25) is 0 Å². The number of ether oxygens (including phenoxy) is 2. The van der Waals surface area contributed by atoms with E-state index < -0.39 is 0 Å². The van der Waals surface area contributed by atoms with Gasteiger partial charge in [0.25, 0.3) is 5.91 Å². The van der Waals surface area contributed by atoms with Gasteiger partial charge in [-0.05, 0) is 29.3 Å². The number of nitrogens with two attached hydrogens (primary N) is 1. The van der Waals surface area contributed by atoms with Crippen LogP contribution >= 0.6 is 15.9 Å². The van der Waals surface area contributed by atoms with E-state index in [9.17, 15) is 4.79 Å². The summed E-state index contributed by atoms with van der Waals surface area (Å²) in [6.07, 6.45) is 0. The van der Waals surface area contributed by atoms with Gasteiger partial charge in [0.15, 0.2) is 0 Å². The van der Waals surface area contributed by atoms with E-state index in [4.69, 9.17) is 15.2 Å². The molecule has 3 N–H and O–H groups in total. The number of pyridine rings is 1. The smallest absolute Gasteiger partial charge is 0.270 e. The number of aromatic nitrogens is 2. The number of aromatic amines is 1. The topological polar surface area (TPSA) is 93.5 Å². The molecule has 0 unspecified atom stereocenters. The number of amides is 1. The molecule has 2 aliphatic rings. The largest absolute Gasteiger partial charge is 0.383 e. The van der Waals surface area contributed by atoms with Gasteiger partial charge in [-0.1, -0.05) is 22.0 Å². The van der Waals surface area contributed by atoms with Crippen molar-refractivity contribution in [1.82, 2.24) is 14.9 Å². The van der Waals surface area contributed by atoms with Gasteiger partial charge in [0.05, 0.1) is 43.5 Å². The molecule has 5 rings (SSSR count). The lowest BCUT2D eigenvalue weighted by Crippen LogP contribution is -2.36. The summed E-state index contributed by atoms with van der Waals surface area (Å²) in [5.41, 5.74) is 12.1. The molecule has 3 aromatic rings. The van der Waals surface area contributed by atoms with Crippen molar-refractivity contribution < 1.29 is 14.3 Å². The number of halogens is 1. The molecule has 7 nitrogen and oxygen atoms in total. The number of benzene rings is 1. The van der Waals surface area contributed by atoms with E-state index in [0.29, 0.717) is 43.5 Å². The van der Waals surface area contributed by atoms with Gasteiger partial charge in [-0.15, -0.1) is 0 Å². The van der Waals surface area contributed by atoms with E-state index in [-0.39, 0.29) is 11.9 Å². The van der Waals surface area contributed by atoms with Crippen LogP contribution in [-0.4, -0.2) is 34.4 Å². The second-order valence-electron chi connectivity index (χ2n) is 7.18. The van der Waals surface area contributed by atoms with Crippen LogP contribution in [-0.2, 0) is 29.3 Å². The Bertz CT molecular complexity index is 1110. The molecular formula is C20H19BrN4O3. The first-order valence-corrected chi connectivity index (χ1v) is 9.83. The molecule has 0 saturated carbocycles. The number of fused-ring (bicyclic) bond motifs is 4. The Labute approximate surface area is 169 Å². The molecule has 4 heterocycles. The molecule has 1 amide bonds. The standard InChI is InChI=1S/C20H19BrN4O3/c1-25(17-9-27-6-10-4-11(21)2-3-12(10)17)20(26)16-5-15-18(23-16)13-7-28-8-14(13)19(22)24-15/h2-5,17,23H,6-9H2,1H3,(H2,22,24)/t17-/m0/s1. The minimum Gasteiger partial charge on any atom is -0.383 e. The number of hydrogen-bond acceptors (Lipinski definition) is 5. The van der Waals surface area contributed by atoms with Gasteiger partial charge in [-0.3, -0.25) is 4.79 Å². The lowest BCUT2D eigenvalue weighted by Gasteiger charge is -2.33. The van der Waals surface area contributed by atoms with Crippen LogP contribution in [0.5, 0.6) is 0 Å². The van der Waals surface area contributed by atoms with Crippen molar-refractivity contribution in [3.05, 3.63) is 56.7 Å². The summed E-state index contributed by atoms with van der Waals surface area (Å²) in [4.78, 5) is 22.6. The Morgan fingerprint density at radius 2 is 2.07 bits per heavy atom. The maximum atomic E-state index is 13.2. The maximum absolute atomic E-state index is 13.2. The van der Waals surface area contributed by atoms with Crippen LogP contribution in [0.25, 0.3) is 11.0 Å². The zero-order chi connectivity index (χ0) is 19.4. The van der Waals surface area contributed by atoms with E-state index in [1.54, 1.807) is 18.0 Å². The SMILES string of the molecule is CN(C(=O)c1cc2nc(N)c3c(c2[nH]1)COC3)[C@H]1COCc2cc(Br)ccc21. The molecule has 8 heteroatoms. The van der Waals surface area contributed by atoms with E-state index in [1.807, 2.05) is 18.2 Å². The first-order valence-electron chi connectivity index (χ1n) is 9.04. The fourth-order valence-electron chi connectivity index (χ4n) is 4.00. The highest BCUT2D eigenvalue weighted by atomic mass is 79.9. The van der Waals surface area contributed by atoms with Gasteiger partial charge >= 0.3 is 0 Å². The van der Waals surface area contributed by atoms with Gasteiger partial charge in [-0.2, -0.15) is 0 Å². The van der Waals surface area contributed by atoms with Crippen LogP contribution in [0.4, 0.5) is 5.82 Å². The summed E-state index contributed by atoms with van der Waals surface area (Å²) in [5, 5.41) is 0. The average molecular weight is 443 g/mol. The molecule has 0 aliphatic carbocycles. The number of nitrogens with one attached hydrogen (secondary N) is 1. The molecule has 1 atom stereocenters. The van der Waals surface area contributed by atoms with E-state index in [0.717, 1.165) is 32.2 Å². The van der Waals surface area contributed by atoms with Crippen LogP contribution in [0.2, 0.25) is 0 Å². The first-order chi connectivity index (χ1) is 13.5. The summed E-state index contributed by atoms with van der Waals surface area (Å²) < 4.78 is 12.2. The molecule has 28 heavy (non-hydrogen) atoms. The minimum atomic E-state index is -0.150. The summed E-state index contributed by atoms with van der Waals surface area (Å²) in [7, 11) is 1.80. The summed E-state index contributed by atoms with van der Waals surface area (Å²) in [5.74, 6) is 0.347. The highest BCUT2D eigenvalue weighted by molar-refractivity contribution is 9.10. The number of rotatable bonds is 2. The summed E-state index contributed by atoms with van der Waals surface area (Å²) in [6.45, 7) is 1.94. The minimum absolute atomic E-state index is 0.117. The molecule has 2 aliphatic heterocycles. The summed E-state index contributed by atoms with van der Waals surface area (Å²) in [6, 6.07) is 7.69. The highest BCUT2D eigenvalue weighted by Crippen LogP contribution is 2.34. The van der Waals surface area contributed by atoms with Crippen LogP contribution in [0.1, 0.15) is 38.8 Å². The fraction of sp³-hybridized carbons (Fsp3) is 0.300. The van der Waals surface area contributed by atoms with Crippen molar-refractivity contribution in [3.63, 3.8) is 0 Å². The van der Waals surface area contributed by atoms with E-state index in [2.05, 4.69) is 25.9 Å². The van der Waals surface area contributed by atoms with Crippen LogP contribution in [0, 0.1) is 0 Å². The van der Waals surface area contributed by atoms with Gasteiger partial charge < -0.3 is 25.1 Å². The third-order valence-electron chi connectivity index (χ3n) is 5.52. The Kier molecular flexibility index (Phi) is 4.15. The van der Waals surface area contributed by atoms with Crippen molar-refractivity contribution in [2.75, 3.05) is 19.4 Å². The second kappa shape index (κ2) is 6.58. The Morgan fingerprint density at radius 1 is 1.25 bits per heavy atom. The predicted molar refractivity (Wildman–Crippen MR) is 108 cm³/mol. The van der Waals surface area contributed by atoms with Crippen molar-refractivity contribution >= 4 is 38.7 Å². The quantitative estimate of drug-likeness (QED) is 0.634. The van der Waals surface area contributed by atoms with Crippen LogP contribution < -0.4 is 5.73 Å². The monoisotopic (exact) mass is 442 g/mol. The van der Waals surface area contributed by atoms with E-state index >= 15 is 0 Å². The number of nitrogens with zero attached hydrogens (tertiary/aromatic N) is 2. The molecule has 0 spiro atoms. The zero-order valence-corrected chi connectivity index (χ0v) is 16.9. The fourth-order valence-corrected chi connectivity index (χ4v) is 4.41. The van der Waals surface area contributed by atoms with Gasteiger partial charge in [0.1, 0.15) is 11.5 Å². The molecular weight excluding hydrogens is 424 g/mol. The number of carbonyl (C=O) groups excluding carboxylic acids is 1. The molecule has 0 radical (unpaired) electrons. The van der Waals surface area contributed by atoms with Crippen LogP contribution in [0.3, 0.4) is 0 Å². The number of anilines is 1. The van der Waals surface area contributed by atoms with Crippen molar-refractivity contribution in [3.8, 4) is 0 Å². The molecule has 0 bridgehead atoms. The van der Waals surface area contributed by atoms with E-state index in [1.165, 1.54) is 0 Å². The molecule has 1 aromatic carbocycles. The second-order valence-corrected chi connectivity index (χ2v) is 8.10. The van der Waals surface area contributed by atoms with Crippen molar-refractivity contribution in [2.45, 2.75) is 25.9 Å². The zero-order valence-electron chi connectivity index (χ0n) is 15.3. The van der Waals surface area contributed by atoms with Crippen molar-refractivity contribution in [2.24, 2.45) is 0 Å². The number of hydrogen-bond donors (Lipinski definition) is 2. The predicted octanol–water partition coefficient (Wildman–Crippen LogP) is 3.28. The van der Waals surface area contributed by atoms with Gasteiger partial charge in [0, 0.05) is 22.6 Å². The Hall–Kier alpha value is -2.42. The molecule has 0 saturated heterocycles. The third-order valence-corrected chi connectivity index (χ3v) is 6.01. The lowest BCUT2D eigenvalue weighted by atomic mass is 9.98. The number of H-pyrrole nitrogens is 1. The molecule has 0 fully saturated rings. The third kappa shape index (κ3) is 2.71. The number of nitrogen functional groups attached to an aromatic ring is 1. The maximum Gasteiger partial charge on any atom is 0.270 e. The average Bonchev–Trinajstić information content (AvgIpc) is 3.33.